The van der Waals surface area contributed by atoms with Gasteiger partial charge < -0.3 is 10.1 Å². The minimum atomic E-state index is 0.0956. The van der Waals surface area contributed by atoms with Crippen LogP contribution in [0.2, 0.25) is 0 Å². The molecule has 2 unspecified atom stereocenters. The van der Waals surface area contributed by atoms with Gasteiger partial charge in [-0.1, -0.05) is 0 Å². The quantitative estimate of drug-likeness (QED) is 0.799. The van der Waals surface area contributed by atoms with Gasteiger partial charge in [-0.05, 0) is 26.7 Å². The van der Waals surface area contributed by atoms with Gasteiger partial charge in [0.05, 0.1) is 18.6 Å². The number of piperazine rings is 1. The van der Waals surface area contributed by atoms with Gasteiger partial charge in [-0.25, -0.2) is 0 Å². The average molecular weight is 237 g/mol. The minimum absolute atomic E-state index is 0.0956. The highest BCUT2D eigenvalue weighted by atomic mass is 16.5. The zero-order valence-corrected chi connectivity index (χ0v) is 10.9. The van der Waals surface area contributed by atoms with E-state index in [0.717, 1.165) is 26.2 Å². The van der Waals surface area contributed by atoms with E-state index in [0.29, 0.717) is 18.6 Å². The van der Waals surface area contributed by atoms with E-state index in [1.165, 1.54) is 12.8 Å². The van der Waals surface area contributed by atoms with Crippen molar-refractivity contribution in [3.05, 3.63) is 0 Å². The normalized spacial score (nSPS) is 33.5. The van der Waals surface area contributed by atoms with E-state index in [4.69, 9.17) is 10.00 Å². The third-order valence-electron chi connectivity index (χ3n) is 3.52. The van der Waals surface area contributed by atoms with Gasteiger partial charge in [-0.2, -0.15) is 5.26 Å². The summed E-state index contributed by atoms with van der Waals surface area (Å²) >= 11 is 0. The zero-order chi connectivity index (χ0) is 12.3. The molecule has 2 aliphatic rings. The Labute approximate surface area is 104 Å². The molecule has 0 saturated carbocycles. The first-order valence-corrected chi connectivity index (χ1v) is 6.58. The molecule has 2 fully saturated rings. The van der Waals surface area contributed by atoms with Crippen LogP contribution < -0.4 is 5.32 Å². The van der Waals surface area contributed by atoms with E-state index in [-0.39, 0.29) is 5.54 Å². The Balaban J connectivity index is 1.89. The van der Waals surface area contributed by atoms with E-state index in [1.807, 2.05) is 0 Å². The van der Waals surface area contributed by atoms with Crippen molar-refractivity contribution in [1.29, 1.82) is 5.26 Å². The number of hydrogen-bond acceptors (Lipinski definition) is 4. The van der Waals surface area contributed by atoms with Crippen molar-refractivity contribution in [2.75, 3.05) is 26.2 Å². The van der Waals surface area contributed by atoms with Gasteiger partial charge in [0.15, 0.2) is 0 Å². The molecule has 0 aliphatic carbocycles. The minimum Gasteiger partial charge on any atom is -0.377 e. The average Bonchev–Trinajstić information content (AvgIpc) is 2.68. The maximum atomic E-state index is 8.83. The Morgan fingerprint density at radius 3 is 3.00 bits per heavy atom. The molecule has 2 saturated heterocycles. The Morgan fingerprint density at radius 2 is 2.35 bits per heavy atom. The lowest BCUT2D eigenvalue weighted by Gasteiger charge is -2.44. The second kappa shape index (κ2) is 5.34. The summed E-state index contributed by atoms with van der Waals surface area (Å²) < 4.78 is 5.69. The Morgan fingerprint density at radius 1 is 1.53 bits per heavy atom. The van der Waals surface area contributed by atoms with Crippen molar-refractivity contribution in [3.63, 3.8) is 0 Å². The Bertz CT molecular complexity index is 292. The Kier molecular flexibility index (Phi) is 4.03. The van der Waals surface area contributed by atoms with Crippen LogP contribution in [0.15, 0.2) is 0 Å². The van der Waals surface area contributed by atoms with E-state index in [9.17, 15) is 0 Å². The monoisotopic (exact) mass is 237 g/mol. The molecular weight excluding hydrogens is 214 g/mol. The summed E-state index contributed by atoms with van der Waals surface area (Å²) in [5, 5.41) is 12.4. The maximum Gasteiger partial charge on any atom is 0.0702 e. The van der Waals surface area contributed by atoms with Crippen molar-refractivity contribution in [2.45, 2.75) is 50.8 Å². The van der Waals surface area contributed by atoms with Crippen LogP contribution in [0.3, 0.4) is 0 Å². The standard InChI is InChI=1S/C13H23N3O/c1-13(2)10-16(8-11(15-13)5-6-14)9-12-4-3-7-17-12/h11-12,15H,3-5,7-10H2,1-2H3. The molecule has 0 aromatic heterocycles. The molecule has 1 N–H and O–H groups in total. The van der Waals surface area contributed by atoms with Crippen LogP contribution in [0, 0.1) is 11.3 Å². The van der Waals surface area contributed by atoms with Crippen LogP contribution in [-0.4, -0.2) is 48.8 Å². The Hall–Kier alpha value is -0.630. The lowest BCUT2D eigenvalue weighted by Crippen LogP contribution is -2.62. The summed E-state index contributed by atoms with van der Waals surface area (Å²) in [6, 6.07) is 2.57. The number of ether oxygens (including phenoxy) is 1. The van der Waals surface area contributed by atoms with Gasteiger partial charge in [0.2, 0.25) is 0 Å². The summed E-state index contributed by atoms with van der Waals surface area (Å²) in [6.45, 7) is 8.36. The maximum absolute atomic E-state index is 8.83. The van der Waals surface area contributed by atoms with Crippen LogP contribution in [-0.2, 0) is 4.74 Å². The second-order valence-corrected chi connectivity index (χ2v) is 5.92. The molecule has 0 bridgehead atoms. The second-order valence-electron chi connectivity index (χ2n) is 5.92. The summed E-state index contributed by atoms with van der Waals surface area (Å²) in [4.78, 5) is 2.45. The van der Waals surface area contributed by atoms with Crippen LogP contribution in [0.5, 0.6) is 0 Å². The van der Waals surface area contributed by atoms with E-state index in [2.05, 4.69) is 30.1 Å². The van der Waals surface area contributed by atoms with Gasteiger partial charge in [0.25, 0.3) is 0 Å². The summed E-state index contributed by atoms with van der Waals surface area (Å²) in [5.74, 6) is 0. The fraction of sp³-hybridized carbons (Fsp3) is 0.923. The van der Waals surface area contributed by atoms with E-state index >= 15 is 0 Å². The lowest BCUT2D eigenvalue weighted by atomic mass is 9.97. The third-order valence-corrected chi connectivity index (χ3v) is 3.52. The van der Waals surface area contributed by atoms with Crippen molar-refractivity contribution in [1.82, 2.24) is 10.2 Å². The molecule has 0 aromatic rings. The van der Waals surface area contributed by atoms with Gasteiger partial charge in [0.1, 0.15) is 0 Å². The molecule has 0 spiro atoms. The largest absolute Gasteiger partial charge is 0.377 e. The molecule has 17 heavy (non-hydrogen) atoms. The van der Waals surface area contributed by atoms with Crippen LogP contribution in [0.4, 0.5) is 0 Å². The molecule has 0 amide bonds. The van der Waals surface area contributed by atoms with Gasteiger partial charge >= 0.3 is 0 Å². The highest BCUT2D eigenvalue weighted by Gasteiger charge is 2.33. The fourth-order valence-electron chi connectivity index (χ4n) is 3.02. The van der Waals surface area contributed by atoms with Gasteiger partial charge in [-0.15, -0.1) is 0 Å². The smallest absolute Gasteiger partial charge is 0.0702 e. The summed E-state index contributed by atoms with van der Waals surface area (Å²) in [6.07, 6.45) is 3.38. The molecular formula is C13H23N3O. The zero-order valence-electron chi connectivity index (χ0n) is 10.9. The van der Waals surface area contributed by atoms with Crippen molar-refractivity contribution in [3.8, 4) is 6.07 Å². The van der Waals surface area contributed by atoms with Crippen LogP contribution >= 0.6 is 0 Å². The lowest BCUT2D eigenvalue weighted by molar-refractivity contribution is 0.0416. The summed E-state index contributed by atoms with van der Waals surface area (Å²) in [5.41, 5.74) is 0.0956. The van der Waals surface area contributed by atoms with Crippen molar-refractivity contribution >= 4 is 0 Å². The van der Waals surface area contributed by atoms with Crippen LogP contribution in [0.25, 0.3) is 0 Å². The molecule has 2 rings (SSSR count). The number of hydrogen-bond donors (Lipinski definition) is 1. The van der Waals surface area contributed by atoms with Gasteiger partial charge in [0, 0.05) is 37.8 Å². The molecule has 96 valence electrons. The predicted octanol–water partition coefficient (Wildman–Crippen LogP) is 1.13. The molecule has 2 heterocycles. The number of nitriles is 1. The number of nitrogens with one attached hydrogen (secondary N) is 1. The molecule has 0 radical (unpaired) electrons. The first-order valence-electron chi connectivity index (χ1n) is 6.58. The highest BCUT2D eigenvalue weighted by molar-refractivity contribution is 4.96. The van der Waals surface area contributed by atoms with E-state index in [1.54, 1.807) is 0 Å². The van der Waals surface area contributed by atoms with Crippen molar-refractivity contribution in [2.24, 2.45) is 0 Å². The highest BCUT2D eigenvalue weighted by Crippen LogP contribution is 2.19. The molecule has 4 heteroatoms. The van der Waals surface area contributed by atoms with E-state index < -0.39 is 0 Å². The number of nitrogens with zero attached hydrogens (tertiary/aromatic N) is 2. The third kappa shape index (κ3) is 3.67. The fourth-order valence-corrected chi connectivity index (χ4v) is 3.02. The van der Waals surface area contributed by atoms with Crippen LogP contribution in [0.1, 0.15) is 33.1 Å². The van der Waals surface area contributed by atoms with Crippen molar-refractivity contribution < 1.29 is 4.74 Å². The predicted molar refractivity (Wildman–Crippen MR) is 66.6 cm³/mol. The molecule has 2 atom stereocenters. The first-order chi connectivity index (χ1) is 8.09. The molecule has 2 aliphatic heterocycles. The molecule has 0 aromatic carbocycles. The first kappa shape index (κ1) is 12.8. The SMILES string of the molecule is CC1(C)CN(CC2CCCO2)CC(CC#N)N1. The van der Waals surface area contributed by atoms with Gasteiger partial charge in [-0.3, -0.25) is 4.90 Å². The topological polar surface area (TPSA) is 48.3 Å². The number of rotatable bonds is 3. The molecule has 4 nitrogen and oxygen atoms in total. The summed E-state index contributed by atoms with van der Waals surface area (Å²) in [7, 11) is 0.